The Morgan fingerprint density at radius 3 is 2.36 bits per heavy atom. The number of hydrogen-bond donors (Lipinski definition) is 0. The Morgan fingerprint density at radius 2 is 1.79 bits per heavy atom. The molecule has 1 nitrogen and oxygen atoms in total. The molecule has 0 aromatic carbocycles. The lowest BCUT2D eigenvalue weighted by Crippen LogP contribution is -2.50. The highest BCUT2D eigenvalue weighted by molar-refractivity contribution is 4.98. The Balaban J connectivity index is 2.23. The molecule has 2 aliphatic heterocycles. The van der Waals surface area contributed by atoms with Crippen LogP contribution in [0.15, 0.2) is 0 Å². The number of rotatable bonds is 0. The maximum atomic E-state index is 2.71. The molecule has 0 spiro atoms. The molecular weight excluding hydrogens is 170 g/mol. The van der Waals surface area contributed by atoms with Crippen molar-refractivity contribution < 1.29 is 0 Å². The Kier molecular flexibility index (Phi) is 2.42. The van der Waals surface area contributed by atoms with Crippen LogP contribution in [0.5, 0.6) is 0 Å². The second kappa shape index (κ2) is 3.23. The van der Waals surface area contributed by atoms with Gasteiger partial charge in [0.2, 0.25) is 0 Å². The zero-order valence-electron chi connectivity index (χ0n) is 10.4. The van der Waals surface area contributed by atoms with Crippen molar-refractivity contribution >= 4 is 0 Å². The van der Waals surface area contributed by atoms with E-state index in [0.717, 1.165) is 23.8 Å². The molecule has 0 N–H and O–H groups in total. The van der Waals surface area contributed by atoms with E-state index < -0.39 is 0 Å². The molecule has 0 aliphatic carbocycles. The molecule has 0 aromatic rings. The number of fused-ring (bicyclic) bond motifs is 2. The van der Waals surface area contributed by atoms with Crippen molar-refractivity contribution in [3.63, 3.8) is 0 Å². The van der Waals surface area contributed by atoms with Gasteiger partial charge in [0.05, 0.1) is 0 Å². The number of piperidine rings is 1. The topological polar surface area (TPSA) is 3.24 Å². The molecular formula is C13H25N. The summed E-state index contributed by atoms with van der Waals surface area (Å²) in [6.45, 7) is 14.9. The summed E-state index contributed by atoms with van der Waals surface area (Å²) in [5.74, 6) is 2.78. The second-order valence-corrected chi connectivity index (χ2v) is 6.54. The lowest BCUT2D eigenvalue weighted by Gasteiger charge is -2.48. The Hall–Kier alpha value is -0.0400. The van der Waals surface area contributed by atoms with E-state index in [1.54, 1.807) is 0 Å². The number of hydrogen-bond acceptors (Lipinski definition) is 1. The van der Waals surface area contributed by atoms with E-state index in [4.69, 9.17) is 0 Å². The Labute approximate surface area is 88.9 Å². The highest BCUT2D eigenvalue weighted by Gasteiger charge is 2.46. The highest BCUT2D eigenvalue weighted by atomic mass is 15.2. The Bertz CT molecular complexity index is 200. The van der Waals surface area contributed by atoms with E-state index in [2.05, 4.69) is 39.5 Å². The van der Waals surface area contributed by atoms with Gasteiger partial charge in [0.1, 0.15) is 0 Å². The van der Waals surface area contributed by atoms with Crippen LogP contribution >= 0.6 is 0 Å². The van der Waals surface area contributed by atoms with Gasteiger partial charge in [-0.25, -0.2) is 0 Å². The van der Waals surface area contributed by atoms with Gasteiger partial charge in [-0.15, -0.1) is 0 Å². The first-order valence-electron chi connectivity index (χ1n) is 6.15. The van der Waals surface area contributed by atoms with Gasteiger partial charge in [-0.3, -0.25) is 0 Å². The first-order chi connectivity index (χ1) is 6.41. The van der Waals surface area contributed by atoms with Crippen molar-refractivity contribution in [3.8, 4) is 0 Å². The van der Waals surface area contributed by atoms with Gasteiger partial charge in [0, 0.05) is 12.6 Å². The van der Waals surface area contributed by atoms with Gasteiger partial charge in [0.15, 0.2) is 0 Å². The summed E-state index contributed by atoms with van der Waals surface area (Å²) in [5, 5.41) is 0. The van der Waals surface area contributed by atoms with E-state index in [1.165, 1.54) is 19.5 Å². The summed E-state index contributed by atoms with van der Waals surface area (Å²) in [7, 11) is 0. The van der Waals surface area contributed by atoms with Gasteiger partial charge < -0.3 is 4.90 Å². The molecule has 2 saturated heterocycles. The lowest BCUT2D eigenvalue weighted by molar-refractivity contribution is 0.00839. The smallest absolute Gasteiger partial charge is 0.0103 e. The van der Waals surface area contributed by atoms with E-state index in [1.807, 2.05) is 0 Å². The summed E-state index contributed by atoms with van der Waals surface area (Å²) in [4.78, 5) is 2.71. The van der Waals surface area contributed by atoms with Crippen molar-refractivity contribution in [1.82, 2.24) is 4.90 Å². The average molecular weight is 195 g/mol. The van der Waals surface area contributed by atoms with Crippen molar-refractivity contribution in [2.24, 2.45) is 23.2 Å². The molecule has 0 radical (unpaired) electrons. The molecule has 1 heteroatoms. The normalized spacial score (nSPS) is 48.2. The van der Waals surface area contributed by atoms with E-state index >= 15 is 0 Å². The summed E-state index contributed by atoms with van der Waals surface area (Å²) < 4.78 is 0. The minimum Gasteiger partial charge on any atom is -0.300 e. The van der Waals surface area contributed by atoms with Crippen molar-refractivity contribution in [2.75, 3.05) is 13.1 Å². The van der Waals surface area contributed by atoms with Gasteiger partial charge in [-0.2, -0.15) is 0 Å². The molecule has 14 heavy (non-hydrogen) atoms. The molecule has 2 heterocycles. The van der Waals surface area contributed by atoms with Crippen LogP contribution in [-0.4, -0.2) is 24.0 Å². The quantitative estimate of drug-likeness (QED) is 0.574. The molecule has 0 amide bonds. The SMILES string of the molecule is CC1C2CCN(C2)C(C)C1C(C)(C)C. The van der Waals surface area contributed by atoms with Crippen LogP contribution in [0.3, 0.4) is 0 Å². The van der Waals surface area contributed by atoms with Crippen LogP contribution in [0, 0.1) is 23.2 Å². The minimum atomic E-state index is 0.472. The summed E-state index contributed by atoms with van der Waals surface area (Å²) >= 11 is 0. The third-order valence-electron chi connectivity index (χ3n) is 4.66. The monoisotopic (exact) mass is 195 g/mol. The predicted molar refractivity (Wildman–Crippen MR) is 61.3 cm³/mol. The molecule has 2 fully saturated rings. The van der Waals surface area contributed by atoms with Crippen LogP contribution < -0.4 is 0 Å². The van der Waals surface area contributed by atoms with Gasteiger partial charge in [-0.05, 0) is 43.1 Å². The fourth-order valence-electron chi connectivity index (χ4n) is 4.09. The second-order valence-electron chi connectivity index (χ2n) is 6.54. The third-order valence-corrected chi connectivity index (χ3v) is 4.66. The maximum absolute atomic E-state index is 2.71. The standard InChI is InChI=1S/C13H25N/c1-9-11-6-7-14(8-11)10(2)12(9)13(3,4)5/h9-12H,6-8H2,1-5H3. The first-order valence-corrected chi connectivity index (χ1v) is 6.15. The van der Waals surface area contributed by atoms with Crippen molar-refractivity contribution in [2.45, 2.75) is 47.1 Å². The lowest BCUT2D eigenvalue weighted by atomic mass is 9.65. The van der Waals surface area contributed by atoms with Gasteiger partial charge in [-0.1, -0.05) is 27.7 Å². The minimum absolute atomic E-state index is 0.472. The van der Waals surface area contributed by atoms with Crippen molar-refractivity contribution in [3.05, 3.63) is 0 Å². The molecule has 2 bridgehead atoms. The summed E-state index contributed by atoms with van der Waals surface area (Å²) in [6, 6.07) is 0.795. The highest BCUT2D eigenvalue weighted by Crippen LogP contribution is 2.47. The summed E-state index contributed by atoms with van der Waals surface area (Å²) in [5.41, 5.74) is 0.472. The zero-order valence-corrected chi connectivity index (χ0v) is 10.4. The summed E-state index contributed by atoms with van der Waals surface area (Å²) in [6.07, 6.45) is 1.44. The van der Waals surface area contributed by atoms with Gasteiger partial charge in [0.25, 0.3) is 0 Å². The molecule has 5 atom stereocenters. The largest absolute Gasteiger partial charge is 0.300 e. The van der Waals surface area contributed by atoms with Crippen LogP contribution in [0.2, 0.25) is 0 Å². The van der Waals surface area contributed by atoms with E-state index in [0.29, 0.717) is 5.41 Å². The fraction of sp³-hybridized carbons (Fsp3) is 1.00. The van der Waals surface area contributed by atoms with Gasteiger partial charge >= 0.3 is 0 Å². The van der Waals surface area contributed by atoms with Crippen LogP contribution in [-0.2, 0) is 0 Å². The van der Waals surface area contributed by atoms with E-state index in [9.17, 15) is 0 Å². The van der Waals surface area contributed by atoms with Crippen molar-refractivity contribution in [1.29, 1.82) is 0 Å². The van der Waals surface area contributed by atoms with Crippen LogP contribution in [0.25, 0.3) is 0 Å². The molecule has 2 aliphatic rings. The van der Waals surface area contributed by atoms with Crippen LogP contribution in [0.1, 0.15) is 41.0 Å². The maximum Gasteiger partial charge on any atom is 0.0103 e. The molecule has 5 unspecified atom stereocenters. The average Bonchev–Trinajstić information content (AvgIpc) is 2.44. The molecule has 0 saturated carbocycles. The Morgan fingerprint density at radius 1 is 1.14 bits per heavy atom. The molecule has 0 aromatic heterocycles. The molecule has 82 valence electrons. The zero-order chi connectivity index (χ0) is 10.5. The fourth-order valence-corrected chi connectivity index (χ4v) is 4.09. The van der Waals surface area contributed by atoms with E-state index in [-0.39, 0.29) is 0 Å². The predicted octanol–water partition coefficient (Wildman–Crippen LogP) is 3.01. The first kappa shape index (κ1) is 10.5. The van der Waals surface area contributed by atoms with Crippen LogP contribution in [0.4, 0.5) is 0 Å². The number of nitrogens with zero attached hydrogens (tertiary/aromatic N) is 1. The molecule has 2 rings (SSSR count). The third kappa shape index (κ3) is 1.50.